The van der Waals surface area contributed by atoms with Crippen LogP contribution in [-0.2, 0) is 16.1 Å². The van der Waals surface area contributed by atoms with Crippen molar-refractivity contribution in [1.29, 1.82) is 0 Å². The monoisotopic (exact) mass is 420 g/mol. The Bertz CT molecular complexity index is 948. The molecule has 0 radical (unpaired) electrons. The number of piperazine rings is 1. The van der Waals surface area contributed by atoms with E-state index in [2.05, 4.69) is 34.3 Å². The second-order valence-corrected chi connectivity index (χ2v) is 8.89. The van der Waals surface area contributed by atoms with Gasteiger partial charge in [0.2, 0.25) is 11.8 Å². The zero-order valence-electron chi connectivity index (χ0n) is 18.7. The Labute approximate surface area is 184 Å². The number of carbonyl (C=O) groups excluding carboxylic acids is 2. The lowest BCUT2D eigenvalue weighted by Crippen LogP contribution is -2.43. The van der Waals surface area contributed by atoms with Crippen molar-refractivity contribution in [1.82, 2.24) is 9.80 Å². The third kappa shape index (κ3) is 4.97. The fourth-order valence-electron chi connectivity index (χ4n) is 4.35. The smallest absolute Gasteiger partial charge is 0.229 e. The topological polar surface area (TPSA) is 55.9 Å². The van der Waals surface area contributed by atoms with E-state index >= 15 is 0 Å². The van der Waals surface area contributed by atoms with Crippen molar-refractivity contribution in [2.24, 2.45) is 5.92 Å². The molecule has 0 spiro atoms. The summed E-state index contributed by atoms with van der Waals surface area (Å²) in [6.07, 6.45) is 0.251. The first-order chi connectivity index (χ1) is 14.9. The Balaban J connectivity index is 1.34. The number of likely N-dealkylation sites (N-methyl/N-ethyl adjacent to an activating group) is 1. The Hall–Kier alpha value is -2.70. The number of nitrogens with one attached hydrogen (secondary N) is 1. The molecule has 2 saturated heterocycles. The highest BCUT2D eigenvalue weighted by Crippen LogP contribution is 2.30. The lowest BCUT2D eigenvalue weighted by molar-refractivity contribution is -0.122. The van der Waals surface area contributed by atoms with Crippen molar-refractivity contribution in [3.63, 3.8) is 0 Å². The van der Waals surface area contributed by atoms with E-state index in [0.717, 1.165) is 55.2 Å². The average Bonchev–Trinajstić information content (AvgIpc) is 3.15. The standard InChI is InChI=1S/C25H32N4O2/c1-18-5-4-6-23(19(18)2)29-17-21(15-24(29)30)25(31)26-22-9-7-20(8-10-22)16-28-13-11-27(3)12-14-28/h4-10,21H,11-17H2,1-3H3,(H,26,31). The normalized spacial score (nSPS) is 20.3. The van der Waals surface area contributed by atoms with Gasteiger partial charge in [0.1, 0.15) is 0 Å². The van der Waals surface area contributed by atoms with E-state index in [0.29, 0.717) is 6.54 Å². The molecule has 0 saturated carbocycles. The summed E-state index contributed by atoms with van der Waals surface area (Å²) in [6.45, 7) is 9.80. The molecule has 2 aliphatic heterocycles. The Morgan fingerprint density at radius 1 is 1.03 bits per heavy atom. The van der Waals surface area contributed by atoms with Crippen LogP contribution >= 0.6 is 0 Å². The van der Waals surface area contributed by atoms with Gasteiger partial charge < -0.3 is 15.1 Å². The van der Waals surface area contributed by atoms with E-state index in [1.807, 2.05) is 44.2 Å². The first kappa shape index (κ1) is 21.5. The van der Waals surface area contributed by atoms with E-state index in [1.165, 1.54) is 5.56 Å². The predicted molar refractivity (Wildman–Crippen MR) is 124 cm³/mol. The largest absolute Gasteiger partial charge is 0.326 e. The maximum Gasteiger partial charge on any atom is 0.229 e. The minimum atomic E-state index is -0.336. The van der Waals surface area contributed by atoms with Gasteiger partial charge in [-0.1, -0.05) is 24.3 Å². The second kappa shape index (κ2) is 9.20. The summed E-state index contributed by atoms with van der Waals surface area (Å²) in [6, 6.07) is 14.0. The first-order valence-electron chi connectivity index (χ1n) is 11.1. The molecule has 2 aromatic carbocycles. The van der Waals surface area contributed by atoms with Crippen LogP contribution in [0, 0.1) is 19.8 Å². The lowest BCUT2D eigenvalue weighted by Gasteiger charge is -2.32. The van der Waals surface area contributed by atoms with Crippen LogP contribution in [-0.4, -0.2) is 61.4 Å². The number of anilines is 2. The van der Waals surface area contributed by atoms with Crippen molar-refractivity contribution in [3.8, 4) is 0 Å². The number of carbonyl (C=O) groups is 2. The third-order valence-corrected chi connectivity index (χ3v) is 6.59. The van der Waals surface area contributed by atoms with Gasteiger partial charge in [-0.15, -0.1) is 0 Å². The van der Waals surface area contributed by atoms with E-state index in [1.54, 1.807) is 4.90 Å². The molecular weight excluding hydrogens is 388 g/mol. The summed E-state index contributed by atoms with van der Waals surface area (Å²) in [4.78, 5) is 32.0. The Morgan fingerprint density at radius 3 is 2.45 bits per heavy atom. The maximum atomic E-state index is 12.8. The summed E-state index contributed by atoms with van der Waals surface area (Å²) >= 11 is 0. The van der Waals surface area contributed by atoms with E-state index in [9.17, 15) is 9.59 Å². The molecule has 1 atom stereocenters. The van der Waals surface area contributed by atoms with Crippen LogP contribution in [0.2, 0.25) is 0 Å². The van der Waals surface area contributed by atoms with Crippen molar-refractivity contribution in [2.75, 3.05) is 50.0 Å². The number of aryl methyl sites for hydroxylation is 1. The van der Waals surface area contributed by atoms with E-state index < -0.39 is 0 Å². The highest BCUT2D eigenvalue weighted by molar-refractivity contribution is 6.03. The van der Waals surface area contributed by atoms with Crippen molar-refractivity contribution >= 4 is 23.2 Å². The molecule has 2 amide bonds. The first-order valence-corrected chi connectivity index (χ1v) is 11.1. The number of rotatable bonds is 5. The molecule has 1 N–H and O–H groups in total. The van der Waals surface area contributed by atoms with Gasteiger partial charge in [0.25, 0.3) is 0 Å². The summed E-state index contributed by atoms with van der Waals surface area (Å²) < 4.78 is 0. The molecule has 2 aliphatic rings. The van der Waals surface area contributed by atoms with Gasteiger partial charge >= 0.3 is 0 Å². The van der Waals surface area contributed by atoms with Crippen molar-refractivity contribution in [3.05, 3.63) is 59.2 Å². The van der Waals surface area contributed by atoms with Crippen LogP contribution < -0.4 is 10.2 Å². The molecule has 0 aliphatic carbocycles. The molecule has 2 heterocycles. The molecule has 2 fully saturated rings. The van der Waals surface area contributed by atoms with Gasteiger partial charge in [0, 0.05) is 57.1 Å². The van der Waals surface area contributed by atoms with Crippen LogP contribution in [0.15, 0.2) is 42.5 Å². The number of benzene rings is 2. The molecule has 6 nitrogen and oxygen atoms in total. The number of amides is 2. The molecule has 4 rings (SSSR count). The number of nitrogens with zero attached hydrogens (tertiary/aromatic N) is 3. The number of hydrogen-bond acceptors (Lipinski definition) is 4. The molecule has 164 valence electrons. The van der Waals surface area contributed by atoms with Crippen LogP contribution in [0.4, 0.5) is 11.4 Å². The summed E-state index contributed by atoms with van der Waals surface area (Å²) in [7, 11) is 2.16. The van der Waals surface area contributed by atoms with Crippen molar-refractivity contribution < 1.29 is 9.59 Å². The van der Waals surface area contributed by atoms with Gasteiger partial charge in [0.15, 0.2) is 0 Å². The molecule has 6 heteroatoms. The molecule has 2 aromatic rings. The summed E-state index contributed by atoms with van der Waals surface area (Å²) in [5.41, 5.74) is 5.18. The van der Waals surface area contributed by atoms with Gasteiger partial charge in [-0.05, 0) is 55.8 Å². The van der Waals surface area contributed by atoms with Crippen LogP contribution in [0.3, 0.4) is 0 Å². The Kier molecular flexibility index (Phi) is 6.39. The van der Waals surface area contributed by atoms with Crippen LogP contribution in [0.5, 0.6) is 0 Å². The zero-order valence-corrected chi connectivity index (χ0v) is 18.7. The van der Waals surface area contributed by atoms with Crippen LogP contribution in [0.25, 0.3) is 0 Å². The Morgan fingerprint density at radius 2 is 1.74 bits per heavy atom. The van der Waals surface area contributed by atoms with Crippen LogP contribution in [0.1, 0.15) is 23.1 Å². The highest BCUT2D eigenvalue weighted by Gasteiger charge is 2.35. The second-order valence-electron chi connectivity index (χ2n) is 8.89. The zero-order chi connectivity index (χ0) is 22.0. The van der Waals surface area contributed by atoms with Crippen molar-refractivity contribution in [2.45, 2.75) is 26.8 Å². The molecule has 1 unspecified atom stereocenters. The predicted octanol–water partition coefficient (Wildman–Crippen LogP) is 3.04. The van der Waals surface area contributed by atoms with Gasteiger partial charge in [-0.2, -0.15) is 0 Å². The maximum absolute atomic E-state index is 12.8. The quantitative estimate of drug-likeness (QED) is 0.808. The lowest BCUT2D eigenvalue weighted by atomic mass is 10.1. The van der Waals surface area contributed by atoms with E-state index in [-0.39, 0.29) is 24.2 Å². The molecule has 0 aromatic heterocycles. The summed E-state index contributed by atoms with van der Waals surface area (Å²) in [5.74, 6) is -0.415. The average molecular weight is 421 g/mol. The fraction of sp³-hybridized carbons (Fsp3) is 0.440. The van der Waals surface area contributed by atoms with E-state index in [4.69, 9.17) is 0 Å². The SMILES string of the molecule is Cc1cccc(N2CC(C(=O)Nc3ccc(CN4CCN(C)CC4)cc3)CC2=O)c1C. The number of hydrogen-bond donors (Lipinski definition) is 1. The minimum Gasteiger partial charge on any atom is -0.326 e. The highest BCUT2D eigenvalue weighted by atomic mass is 16.2. The minimum absolute atomic E-state index is 0.0105. The molecular formula is C25H32N4O2. The third-order valence-electron chi connectivity index (χ3n) is 6.59. The fourth-order valence-corrected chi connectivity index (χ4v) is 4.35. The van der Waals surface area contributed by atoms with Gasteiger partial charge in [-0.3, -0.25) is 14.5 Å². The van der Waals surface area contributed by atoms with Gasteiger partial charge in [0.05, 0.1) is 5.92 Å². The molecule has 31 heavy (non-hydrogen) atoms. The molecule has 0 bridgehead atoms. The summed E-state index contributed by atoms with van der Waals surface area (Å²) in [5, 5.41) is 3.00. The van der Waals surface area contributed by atoms with Gasteiger partial charge in [-0.25, -0.2) is 0 Å².